The quantitative estimate of drug-likeness (QED) is 0.633. The van der Waals surface area contributed by atoms with Gasteiger partial charge in [-0.1, -0.05) is 18.2 Å². The van der Waals surface area contributed by atoms with Crippen LogP contribution in [0.5, 0.6) is 0 Å². The first-order chi connectivity index (χ1) is 8.38. The maximum atomic E-state index is 11.6. The third-order valence-electron chi connectivity index (χ3n) is 1.97. The molecule has 3 N–H and O–H groups in total. The monoisotopic (exact) mass is 268 g/mol. The van der Waals surface area contributed by atoms with Crippen LogP contribution in [0.15, 0.2) is 35.2 Å². The maximum Gasteiger partial charge on any atom is 0.261 e. The highest BCUT2D eigenvalue weighted by molar-refractivity contribution is 7.99. The Labute approximate surface area is 112 Å². The first kappa shape index (κ1) is 15.0. The van der Waals surface area contributed by atoms with Gasteiger partial charge in [0.1, 0.15) is 0 Å². The molecular formula is C13H20N2O2S. The van der Waals surface area contributed by atoms with Crippen molar-refractivity contribution in [2.24, 2.45) is 5.73 Å². The lowest BCUT2D eigenvalue weighted by Gasteiger charge is -2.20. The fourth-order valence-corrected chi connectivity index (χ4v) is 1.93. The number of nitrogens with one attached hydrogen (secondary N) is 1. The summed E-state index contributed by atoms with van der Waals surface area (Å²) in [5.41, 5.74) is 7.75. The highest BCUT2D eigenvalue weighted by atomic mass is 32.2. The molecule has 0 saturated heterocycles. The molecule has 0 spiro atoms. The first-order valence-electron chi connectivity index (χ1n) is 5.80. The van der Waals surface area contributed by atoms with Crippen LogP contribution in [-0.4, -0.2) is 23.3 Å². The lowest BCUT2D eigenvalue weighted by atomic mass is 10.2. The molecular weight excluding hydrogens is 248 g/mol. The third-order valence-corrected chi connectivity index (χ3v) is 3.10. The minimum Gasteiger partial charge on any atom is -0.319 e. The third kappa shape index (κ3) is 6.05. The van der Waals surface area contributed by atoms with Crippen molar-refractivity contribution in [1.82, 2.24) is 5.48 Å². The van der Waals surface area contributed by atoms with E-state index in [-0.39, 0.29) is 5.91 Å². The molecule has 1 rings (SSSR count). The summed E-state index contributed by atoms with van der Waals surface area (Å²) in [6.07, 6.45) is 0. The molecule has 100 valence electrons. The molecule has 0 aromatic heterocycles. The standard InChI is InChI=1S/C13H20N2O2S/c1-13(2,3)17-15-12(16)11(14)9-18-10-7-5-4-6-8-10/h4-8,11H,9,14H2,1-3H3,(H,15,16)/t11-/m0/s1. The number of rotatable bonds is 5. The van der Waals surface area contributed by atoms with Crippen LogP contribution in [0.2, 0.25) is 0 Å². The van der Waals surface area contributed by atoms with Gasteiger partial charge in [0.25, 0.3) is 5.91 Å². The molecule has 0 saturated carbocycles. The average molecular weight is 268 g/mol. The van der Waals surface area contributed by atoms with Gasteiger partial charge in [-0.2, -0.15) is 0 Å². The molecule has 0 fully saturated rings. The van der Waals surface area contributed by atoms with Gasteiger partial charge in [-0.05, 0) is 32.9 Å². The van der Waals surface area contributed by atoms with Gasteiger partial charge in [0.2, 0.25) is 0 Å². The molecule has 0 aliphatic carbocycles. The number of benzene rings is 1. The minimum atomic E-state index is -0.586. The Morgan fingerprint density at radius 3 is 2.56 bits per heavy atom. The molecule has 1 aromatic carbocycles. The number of hydrogen-bond donors (Lipinski definition) is 2. The second-order valence-electron chi connectivity index (χ2n) is 4.91. The lowest BCUT2D eigenvalue weighted by molar-refractivity contribution is -0.146. The topological polar surface area (TPSA) is 64.3 Å². The molecule has 5 heteroatoms. The molecule has 4 nitrogen and oxygen atoms in total. The maximum absolute atomic E-state index is 11.6. The number of amides is 1. The minimum absolute atomic E-state index is 0.298. The summed E-state index contributed by atoms with van der Waals surface area (Å²) in [5.74, 6) is 0.219. The highest BCUT2D eigenvalue weighted by Crippen LogP contribution is 2.17. The van der Waals surface area contributed by atoms with Gasteiger partial charge in [0.05, 0.1) is 11.6 Å². The van der Waals surface area contributed by atoms with Crippen molar-refractivity contribution in [3.63, 3.8) is 0 Å². The van der Waals surface area contributed by atoms with Crippen molar-refractivity contribution in [3.8, 4) is 0 Å². The SMILES string of the molecule is CC(C)(C)ONC(=O)[C@@H](N)CSc1ccccc1. The van der Waals surface area contributed by atoms with E-state index in [1.807, 2.05) is 51.1 Å². The number of thioether (sulfide) groups is 1. The summed E-state index contributed by atoms with van der Waals surface area (Å²) in [4.78, 5) is 17.9. The van der Waals surface area contributed by atoms with Crippen molar-refractivity contribution >= 4 is 17.7 Å². The van der Waals surface area contributed by atoms with Crippen LogP contribution in [-0.2, 0) is 9.63 Å². The molecule has 1 amide bonds. The normalized spacial score (nSPS) is 13.1. The lowest BCUT2D eigenvalue weighted by Crippen LogP contribution is -2.45. The van der Waals surface area contributed by atoms with Gasteiger partial charge >= 0.3 is 0 Å². The van der Waals surface area contributed by atoms with E-state index in [0.717, 1.165) is 4.90 Å². The predicted octanol–water partition coefficient (Wildman–Crippen LogP) is 1.95. The van der Waals surface area contributed by atoms with Crippen LogP contribution in [0.3, 0.4) is 0 Å². The number of carbonyl (C=O) groups is 1. The summed E-state index contributed by atoms with van der Waals surface area (Å²) in [6.45, 7) is 5.58. The molecule has 0 bridgehead atoms. The Hall–Kier alpha value is -1.04. The Kier molecular flexibility index (Phi) is 5.65. The molecule has 18 heavy (non-hydrogen) atoms. The summed E-state index contributed by atoms with van der Waals surface area (Å²) in [5, 5.41) is 0. The van der Waals surface area contributed by atoms with Crippen LogP contribution >= 0.6 is 11.8 Å². The largest absolute Gasteiger partial charge is 0.319 e. The van der Waals surface area contributed by atoms with Crippen molar-refractivity contribution in [2.75, 3.05) is 5.75 Å². The second-order valence-corrected chi connectivity index (χ2v) is 6.00. The average Bonchev–Trinajstić information content (AvgIpc) is 2.33. The van der Waals surface area contributed by atoms with Crippen molar-refractivity contribution < 1.29 is 9.63 Å². The van der Waals surface area contributed by atoms with E-state index >= 15 is 0 Å². The van der Waals surface area contributed by atoms with Gasteiger partial charge < -0.3 is 5.73 Å². The molecule has 0 aliphatic rings. The molecule has 1 aromatic rings. The van der Waals surface area contributed by atoms with Crippen LogP contribution < -0.4 is 11.2 Å². The molecule has 0 heterocycles. The molecule has 1 atom stereocenters. The Morgan fingerprint density at radius 2 is 2.00 bits per heavy atom. The van der Waals surface area contributed by atoms with E-state index in [1.54, 1.807) is 11.8 Å². The molecule has 0 radical (unpaired) electrons. The van der Waals surface area contributed by atoms with E-state index in [9.17, 15) is 4.79 Å². The van der Waals surface area contributed by atoms with Crippen LogP contribution in [0.25, 0.3) is 0 Å². The number of carbonyl (C=O) groups excluding carboxylic acids is 1. The van der Waals surface area contributed by atoms with E-state index in [1.165, 1.54) is 0 Å². The zero-order valence-electron chi connectivity index (χ0n) is 11.0. The summed E-state index contributed by atoms with van der Waals surface area (Å²) < 4.78 is 0. The van der Waals surface area contributed by atoms with Crippen LogP contribution in [0.1, 0.15) is 20.8 Å². The van der Waals surface area contributed by atoms with Gasteiger partial charge in [0, 0.05) is 10.6 Å². The number of nitrogens with two attached hydrogens (primary N) is 1. The first-order valence-corrected chi connectivity index (χ1v) is 6.78. The van der Waals surface area contributed by atoms with Gasteiger partial charge in [-0.3, -0.25) is 9.63 Å². The molecule has 0 aliphatic heterocycles. The van der Waals surface area contributed by atoms with Crippen molar-refractivity contribution in [2.45, 2.75) is 37.3 Å². The van der Waals surface area contributed by atoms with Crippen molar-refractivity contribution in [3.05, 3.63) is 30.3 Å². The summed E-state index contributed by atoms with van der Waals surface area (Å²) >= 11 is 1.55. The zero-order valence-corrected chi connectivity index (χ0v) is 11.8. The van der Waals surface area contributed by atoms with Crippen LogP contribution in [0.4, 0.5) is 0 Å². The fourth-order valence-electron chi connectivity index (χ4n) is 1.06. The van der Waals surface area contributed by atoms with Gasteiger partial charge in [-0.15, -0.1) is 11.8 Å². The molecule has 0 unspecified atom stereocenters. The smallest absolute Gasteiger partial charge is 0.261 e. The van der Waals surface area contributed by atoms with Crippen LogP contribution in [0, 0.1) is 0 Å². The van der Waals surface area contributed by atoms with Crippen molar-refractivity contribution in [1.29, 1.82) is 0 Å². The predicted molar refractivity (Wildman–Crippen MR) is 74.1 cm³/mol. The van der Waals surface area contributed by atoms with E-state index < -0.39 is 11.6 Å². The van der Waals surface area contributed by atoms with E-state index in [0.29, 0.717) is 5.75 Å². The number of hydroxylamine groups is 1. The zero-order chi connectivity index (χ0) is 13.6. The second kappa shape index (κ2) is 6.78. The number of hydrogen-bond acceptors (Lipinski definition) is 4. The Morgan fingerprint density at radius 1 is 1.39 bits per heavy atom. The van der Waals surface area contributed by atoms with Gasteiger partial charge in [-0.25, -0.2) is 5.48 Å². The fraction of sp³-hybridized carbons (Fsp3) is 0.462. The highest BCUT2D eigenvalue weighted by Gasteiger charge is 2.17. The Bertz CT molecular complexity index is 376. The summed E-state index contributed by atoms with van der Waals surface area (Å²) in [7, 11) is 0. The Balaban J connectivity index is 2.32. The van der Waals surface area contributed by atoms with E-state index in [2.05, 4.69) is 5.48 Å². The summed E-state index contributed by atoms with van der Waals surface area (Å²) in [6, 6.07) is 9.25. The van der Waals surface area contributed by atoms with Gasteiger partial charge in [0.15, 0.2) is 0 Å². The van der Waals surface area contributed by atoms with E-state index in [4.69, 9.17) is 10.6 Å².